The fourth-order valence-corrected chi connectivity index (χ4v) is 4.26. The summed E-state index contributed by atoms with van der Waals surface area (Å²) in [5.74, 6) is 1.62. The quantitative estimate of drug-likeness (QED) is 0.576. The minimum absolute atomic E-state index is 0.0772. The molecule has 0 spiro atoms. The van der Waals surface area contributed by atoms with Gasteiger partial charge in [-0.3, -0.25) is 4.79 Å². The van der Waals surface area contributed by atoms with Crippen LogP contribution in [-0.2, 0) is 17.8 Å². The van der Waals surface area contributed by atoms with Gasteiger partial charge in [0.05, 0.1) is 12.2 Å². The van der Waals surface area contributed by atoms with Gasteiger partial charge in [-0.15, -0.1) is 0 Å². The van der Waals surface area contributed by atoms with Gasteiger partial charge in [-0.05, 0) is 62.0 Å². The number of carbonyl (C=O) groups excluding carboxylic acids is 1. The van der Waals surface area contributed by atoms with Gasteiger partial charge in [0.15, 0.2) is 5.76 Å². The Morgan fingerprint density at radius 1 is 1.13 bits per heavy atom. The van der Waals surface area contributed by atoms with Crippen molar-refractivity contribution in [2.45, 2.75) is 25.8 Å². The molecular weight excluding hydrogens is 388 g/mol. The molecular formula is C25H30N4O2. The number of para-hydroxylation sites is 2. The highest BCUT2D eigenvalue weighted by Crippen LogP contribution is 2.27. The molecule has 1 aromatic heterocycles. The molecule has 0 bridgehead atoms. The van der Waals surface area contributed by atoms with E-state index in [-0.39, 0.29) is 5.91 Å². The predicted molar refractivity (Wildman–Crippen MR) is 123 cm³/mol. The maximum absolute atomic E-state index is 12.6. The summed E-state index contributed by atoms with van der Waals surface area (Å²) in [6.45, 7) is 2.52. The Balaban J connectivity index is 1.33. The number of hydrogen-bond acceptors (Lipinski definition) is 5. The Hall–Kier alpha value is -3.12. The molecule has 2 N–H and O–H groups in total. The largest absolute Gasteiger partial charge is 0.367 e. The summed E-state index contributed by atoms with van der Waals surface area (Å²) in [6, 6.07) is 21.9. The molecule has 3 aromatic rings. The first-order valence-corrected chi connectivity index (χ1v) is 10.9. The summed E-state index contributed by atoms with van der Waals surface area (Å²) in [5.41, 5.74) is 2.95. The normalized spacial score (nSPS) is 18.5. The molecule has 2 atom stereocenters. The summed E-state index contributed by atoms with van der Waals surface area (Å²) in [6.07, 6.45) is 2.34. The number of rotatable bonds is 8. The van der Waals surface area contributed by atoms with Gasteiger partial charge in [-0.1, -0.05) is 41.6 Å². The van der Waals surface area contributed by atoms with Crippen LogP contribution >= 0.6 is 0 Å². The molecule has 0 saturated carbocycles. The Labute approximate surface area is 183 Å². The van der Waals surface area contributed by atoms with Crippen LogP contribution < -0.4 is 15.5 Å². The average molecular weight is 419 g/mol. The van der Waals surface area contributed by atoms with Gasteiger partial charge in [0.1, 0.15) is 0 Å². The standard InChI is InChI=1S/C25H30N4O2/c1-29(23-10-6-3-7-11-23)18-24-16-22(28-31-24)14-20-17-26-13-12-19(20)15-25(30)27-21-8-4-2-5-9-21/h2-11,16,19-20,26H,12-15,17-18H2,1H3,(H,27,30)/t19-,20+/m0/s1. The number of piperidine rings is 1. The van der Waals surface area contributed by atoms with Crippen LogP contribution in [0.5, 0.6) is 0 Å². The lowest BCUT2D eigenvalue weighted by Crippen LogP contribution is -2.39. The Morgan fingerprint density at radius 2 is 1.87 bits per heavy atom. The molecule has 0 radical (unpaired) electrons. The van der Waals surface area contributed by atoms with E-state index in [1.165, 1.54) is 0 Å². The second kappa shape index (κ2) is 10.3. The number of nitrogens with one attached hydrogen (secondary N) is 2. The lowest BCUT2D eigenvalue weighted by Gasteiger charge is -2.31. The molecule has 1 aliphatic heterocycles. The first kappa shape index (κ1) is 21.1. The highest BCUT2D eigenvalue weighted by atomic mass is 16.5. The highest BCUT2D eigenvalue weighted by molar-refractivity contribution is 5.90. The number of benzene rings is 2. The summed E-state index contributed by atoms with van der Waals surface area (Å²) in [4.78, 5) is 14.7. The number of amides is 1. The lowest BCUT2D eigenvalue weighted by atomic mass is 9.81. The molecule has 6 heteroatoms. The maximum atomic E-state index is 12.6. The Kier molecular flexibility index (Phi) is 6.99. The van der Waals surface area contributed by atoms with E-state index in [1.807, 2.05) is 55.6 Å². The van der Waals surface area contributed by atoms with Crippen molar-refractivity contribution in [3.05, 3.63) is 78.2 Å². The van der Waals surface area contributed by atoms with Crippen LogP contribution in [0.25, 0.3) is 0 Å². The summed E-state index contributed by atoms with van der Waals surface area (Å²) in [5, 5.41) is 10.8. The molecule has 1 saturated heterocycles. The van der Waals surface area contributed by atoms with Crippen molar-refractivity contribution >= 4 is 17.3 Å². The summed E-state index contributed by atoms with van der Waals surface area (Å²) >= 11 is 0. The Morgan fingerprint density at radius 3 is 2.65 bits per heavy atom. The summed E-state index contributed by atoms with van der Waals surface area (Å²) < 4.78 is 5.60. The van der Waals surface area contributed by atoms with Crippen LogP contribution in [0.1, 0.15) is 24.3 Å². The number of hydrogen-bond donors (Lipinski definition) is 2. The van der Waals surface area contributed by atoms with E-state index < -0.39 is 0 Å². The van der Waals surface area contributed by atoms with Crippen molar-refractivity contribution in [3.63, 3.8) is 0 Å². The van der Waals surface area contributed by atoms with Gasteiger partial charge in [-0.25, -0.2) is 0 Å². The molecule has 2 heterocycles. The van der Waals surface area contributed by atoms with Gasteiger partial charge in [0, 0.05) is 30.9 Å². The van der Waals surface area contributed by atoms with E-state index in [9.17, 15) is 4.79 Å². The molecule has 1 fully saturated rings. The average Bonchev–Trinajstić information content (AvgIpc) is 3.23. The van der Waals surface area contributed by atoms with Crippen molar-refractivity contribution in [3.8, 4) is 0 Å². The second-order valence-electron chi connectivity index (χ2n) is 8.31. The molecule has 2 aromatic carbocycles. The fraction of sp³-hybridized carbons (Fsp3) is 0.360. The van der Waals surface area contributed by atoms with Crippen LogP contribution in [0.2, 0.25) is 0 Å². The van der Waals surface area contributed by atoms with Crippen LogP contribution in [-0.4, -0.2) is 31.2 Å². The third-order valence-corrected chi connectivity index (χ3v) is 5.94. The van der Waals surface area contributed by atoms with Crippen LogP contribution in [0.4, 0.5) is 11.4 Å². The minimum Gasteiger partial charge on any atom is -0.367 e. The molecule has 4 rings (SSSR count). The van der Waals surface area contributed by atoms with Crippen molar-refractivity contribution < 1.29 is 9.32 Å². The van der Waals surface area contributed by atoms with E-state index in [0.717, 1.165) is 48.8 Å². The number of anilines is 2. The zero-order chi connectivity index (χ0) is 21.5. The van der Waals surface area contributed by atoms with Crippen molar-refractivity contribution in [1.29, 1.82) is 0 Å². The third-order valence-electron chi connectivity index (χ3n) is 5.94. The molecule has 1 amide bonds. The molecule has 1 aliphatic rings. The van der Waals surface area contributed by atoms with Gasteiger partial charge in [0.25, 0.3) is 0 Å². The van der Waals surface area contributed by atoms with E-state index in [0.29, 0.717) is 24.8 Å². The van der Waals surface area contributed by atoms with E-state index in [1.54, 1.807) is 0 Å². The smallest absolute Gasteiger partial charge is 0.224 e. The van der Waals surface area contributed by atoms with Gasteiger partial charge >= 0.3 is 0 Å². The summed E-state index contributed by atoms with van der Waals surface area (Å²) in [7, 11) is 2.05. The van der Waals surface area contributed by atoms with Crippen molar-refractivity contribution in [2.75, 3.05) is 30.4 Å². The van der Waals surface area contributed by atoms with Crippen LogP contribution in [0.15, 0.2) is 71.3 Å². The lowest BCUT2D eigenvalue weighted by molar-refractivity contribution is -0.117. The molecule has 31 heavy (non-hydrogen) atoms. The van der Waals surface area contributed by atoms with Crippen molar-refractivity contribution in [1.82, 2.24) is 10.5 Å². The number of aromatic nitrogens is 1. The zero-order valence-electron chi connectivity index (χ0n) is 18.0. The molecule has 6 nitrogen and oxygen atoms in total. The number of carbonyl (C=O) groups is 1. The zero-order valence-corrected chi connectivity index (χ0v) is 18.0. The third kappa shape index (κ3) is 5.95. The van der Waals surface area contributed by atoms with E-state index >= 15 is 0 Å². The second-order valence-corrected chi connectivity index (χ2v) is 8.31. The Bertz CT molecular complexity index is 958. The van der Waals surface area contributed by atoms with Crippen molar-refractivity contribution in [2.24, 2.45) is 11.8 Å². The predicted octanol–water partition coefficient (Wildman–Crippen LogP) is 4.11. The van der Waals surface area contributed by atoms with Crippen LogP contribution in [0.3, 0.4) is 0 Å². The molecule has 0 aliphatic carbocycles. The first-order chi connectivity index (χ1) is 15.2. The monoisotopic (exact) mass is 418 g/mol. The van der Waals surface area contributed by atoms with Gasteiger partial charge < -0.3 is 20.1 Å². The highest BCUT2D eigenvalue weighted by Gasteiger charge is 2.28. The SMILES string of the molecule is CN(Cc1cc(C[C@@H]2CNCC[C@H]2CC(=O)Nc2ccccc2)no1)c1ccccc1. The van der Waals surface area contributed by atoms with E-state index in [2.05, 4.69) is 38.9 Å². The topological polar surface area (TPSA) is 70.4 Å². The van der Waals surface area contributed by atoms with Crippen LogP contribution in [0, 0.1) is 11.8 Å². The van der Waals surface area contributed by atoms with Gasteiger partial charge in [-0.2, -0.15) is 0 Å². The fourth-order valence-electron chi connectivity index (χ4n) is 4.26. The maximum Gasteiger partial charge on any atom is 0.224 e. The first-order valence-electron chi connectivity index (χ1n) is 10.9. The molecule has 0 unspecified atom stereocenters. The van der Waals surface area contributed by atoms with Gasteiger partial charge in [0.2, 0.25) is 5.91 Å². The minimum atomic E-state index is 0.0772. The number of nitrogens with zero attached hydrogens (tertiary/aromatic N) is 2. The molecule has 162 valence electrons. The van der Waals surface area contributed by atoms with E-state index in [4.69, 9.17) is 4.52 Å².